The van der Waals surface area contributed by atoms with Crippen LogP contribution in [0.5, 0.6) is 0 Å². The van der Waals surface area contributed by atoms with E-state index in [1.807, 2.05) is 30.3 Å². The SMILES string of the molecule is CS(=O)(=O)CCC(NC(=O)OCc1ccccc1)C(=O)N1CCC(CN2CCCCCC2)CC1. The van der Waals surface area contributed by atoms with E-state index >= 15 is 0 Å². The topological polar surface area (TPSA) is 96.0 Å². The van der Waals surface area contributed by atoms with Crippen LogP contribution in [0, 0.1) is 5.92 Å². The number of benzene rings is 1. The molecule has 1 N–H and O–H groups in total. The van der Waals surface area contributed by atoms with Gasteiger partial charge in [-0.15, -0.1) is 0 Å². The number of carbonyl (C=O) groups excluding carboxylic acids is 2. The molecule has 0 saturated carbocycles. The van der Waals surface area contributed by atoms with Crippen molar-refractivity contribution in [2.24, 2.45) is 5.92 Å². The number of hydrogen-bond donors (Lipinski definition) is 1. The molecule has 1 aromatic rings. The molecular weight excluding hydrogens is 454 g/mol. The smallest absolute Gasteiger partial charge is 0.408 e. The van der Waals surface area contributed by atoms with Crippen LogP contribution in [0.25, 0.3) is 0 Å². The fourth-order valence-corrected chi connectivity index (χ4v) is 5.40. The average molecular weight is 494 g/mol. The maximum atomic E-state index is 13.2. The van der Waals surface area contributed by atoms with Crippen LogP contribution in [-0.4, -0.2) is 81.0 Å². The third-order valence-corrected chi connectivity index (χ3v) is 7.70. The standard InChI is InChI=1S/C25H39N3O5S/c1-34(31,32)18-13-23(26-25(30)33-20-22-9-5-4-6-10-22)24(29)28-16-11-21(12-17-28)19-27-14-7-2-3-8-15-27/h4-6,9-10,21,23H,2-3,7-8,11-20H2,1H3,(H,26,30). The van der Waals surface area contributed by atoms with E-state index in [2.05, 4.69) is 10.2 Å². The van der Waals surface area contributed by atoms with Crippen molar-refractivity contribution in [1.29, 1.82) is 0 Å². The molecule has 9 heteroatoms. The lowest BCUT2D eigenvalue weighted by atomic mass is 9.95. The molecule has 8 nitrogen and oxygen atoms in total. The van der Waals surface area contributed by atoms with Crippen LogP contribution in [0.15, 0.2) is 30.3 Å². The molecule has 2 aliphatic heterocycles. The van der Waals surface area contributed by atoms with Crippen LogP contribution in [0.2, 0.25) is 0 Å². The number of likely N-dealkylation sites (tertiary alicyclic amines) is 2. The summed E-state index contributed by atoms with van der Waals surface area (Å²) in [7, 11) is -3.27. The van der Waals surface area contributed by atoms with E-state index in [0.29, 0.717) is 19.0 Å². The average Bonchev–Trinajstić information content (AvgIpc) is 3.09. The van der Waals surface area contributed by atoms with Crippen molar-refractivity contribution in [1.82, 2.24) is 15.1 Å². The van der Waals surface area contributed by atoms with Gasteiger partial charge in [0, 0.05) is 25.9 Å². The highest BCUT2D eigenvalue weighted by molar-refractivity contribution is 7.90. The van der Waals surface area contributed by atoms with Crippen molar-refractivity contribution in [2.75, 3.05) is 44.7 Å². The number of amides is 2. The van der Waals surface area contributed by atoms with Crippen molar-refractivity contribution >= 4 is 21.8 Å². The Hall–Kier alpha value is -2.13. The van der Waals surface area contributed by atoms with Gasteiger partial charge >= 0.3 is 6.09 Å². The van der Waals surface area contributed by atoms with E-state index in [4.69, 9.17) is 4.74 Å². The summed E-state index contributed by atoms with van der Waals surface area (Å²) >= 11 is 0. The second-order valence-corrected chi connectivity index (χ2v) is 11.9. The highest BCUT2D eigenvalue weighted by atomic mass is 32.2. The van der Waals surface area contributed by atoms with Gasteiger partial charge in [0.25, 0.3) is 0 Å². The van der Waals surface area contributed by atoms with Crippen LogP contribution in [0.1, 0.15) is 50.5 Å². The van der Waals surface area contributed by atoms with Gasteiger partial charge in [-0.05, 0) is 56.7 Å². The zero-order chi connectivity index (χ0) is 24.4. The number of carbonyl (C=O) groups is 2. The maximum absolute atomic E-state index is 13.2. The van der Waals surface area contributed by atoms with E-state index in [-0.39, 0.29) is 24.7 Å². The van der Waals surface area contributed by atoms with Crippen LogP contribution in [0.4, 0.5) is 4.79 Å². The van der Waals surface area contributed by atoms with Gasteiger partial charge in [0.1, 0.15) is 22.5 Å². The molecule has 0 aromatic heterocycles. The number of sulfone groups is 1. The molecule has 2 heterocycles. The number of alkyl carbamates (subject to hydrolysis) is 1. The fourth-order valence-electron chi connectivity index (χ4n) is 4.74. The van der Waals surface area contributed by atoms with Crippen molar-refractivity contribution < 1.29 is 22.7 Å². The van der Waals surface area contributed by atoms with Crippen molar-refractivity contribution in [3.63, 3.8) is 0 Å². The summed E-state index contributed by atoms with van der Waals surface area (Å²) in [5.41, 5.74) is 0.836. The minimum atomic E-state index is -3.27. The highest BCUT2D eigenvalue weighted by Gasteiger charge is 2.31. The van der Waals surface area contributed by atoms with Crippen LogP contribution >= 0.6 is 0 Å². The molecule has 1 atom stereocenters. The van der Waals surface area contributed by atoms with Crippen molar-refractivity contribution in [3.8, 4) is 0 Å². The molecule has 190 valence electrons. The second-order valence-electron chi connectivity index (χ2n) is 9.66. The number of hydrogen-bond acceptors (Lipinski definition) is 6. The Labute approximate surface area is 203 Å². The molecule has 0 aliphatic carbocycles. The first kappa shape index (κ1) is 26.5. The van der Waals surface area contributed by atoms with E-state index in [9.17, 15) is 18.0 Å². The molecule has 0 spiro atoms. The minimum Gasteiger partial charge on any atom is -0.445 e. The quantitative estimate of drug-likeness (QED) is 0.568. The lowest BCUT2D eigenvalue weighted by molar-refractivity contribution is -0.134. The largest absolute Gasteiger partial charge is 0.445 e. The number of ether oxygens (including phenoxy) is 1. The summed E-state index contributed by atoms with van der Waals surface area (Å²) in [4.78, 5) is 29.9. The number of nitrogens with one attached hydrogen (secondary N) is 1. The number of nitrogens with zero attached hydrogens (tertiary/aromatic N) is 2. The Morgan fingerprint density at radius 2 is 1.68 bits per heavy atom. The van der Waals surface area contributed by atoms with Gasteiger partial charge < -0.3 is 19.9 Å². The van der Waals surface area contributed by atoms with Crippen molar-refractivity contribution in [2.45, 2.75) is 57.6 Å². The Kier molecular flexibility index (Phi) is 10.2. The molecule has 34 heavy (non-hydrogen) atoms. The molecule has 0 radical (unpaired) electrons. The Balaban J connectivity index is 1.51. The first-order valence-corrected chi connectivity index (χ1v) is 14.5. The Morgan fingerprint density at radius 1 is 1.03 bits per heavy atom. The van der Waals surface area contributed by atoms with Crippen molar-refractivity contribution in [3.05, 3.63) is 35.9 Å². The lowest BCUT2D eigenvalue weighted by Crippen LogP contribution is -2.52. The highest BCUT2D eigenvalue weighted by Crippen LogP contribution is 2.21. The predicted octanol–water partition coefficient (Wildman–Crippen LogP) is 2.83. The third-order valence-electron chi connectivity index (χ3n) is 6.72. The van der Waals surface area contributed by atoms with Gasteiger partial charge in [0.05, 0.1) is 5.75 Å². The molecule has 0 bridgehead atoms. The first-order valence-electron chi connectivity index (χ1n) is 12.5. The normalized spacial score (nSPS) is 19.3. The van der Waals surface area contributed by atoms with Crippen LogP contribution in [0.3, 0.4) is 0 Å². The van der Waals surface area contributed by atoms with Crippen LogP contribution < -0.4 is 5.32 Å². The molecule has 3 rings (SSSR count). The summed E-state index contributed by atoms with van der Waals surface area (Å²) < 4.78 is 28.7. The monoisotopic (exact) mass is 493 g/mol. The summed E-state index contributed by atoms with van der Waals surface area (Å²) in [5.74, 6) is 0.169. The van der Waals surface area contributed by atoms with E-state index in [1.54, 1.807) is 4.90 Å². The molecule has 2 fully saturated rings. The lowest BCUT2D eigenvalue weighted by Gasteiger charge is -2.36. The van der Waals surface area contributed by atoms with E-state index in [1.165, 1.54) is 38.8 Å². The zero-order valence-corrected chi connectivity index (χ0v) is 21.1. The number of rotatable bonds is 9. The molecule has 1 aromatic carbocycles. The summed E-state index contributed by atoms with van der Waals surface area (Å²) in [6.45, 7) is 4.77. The second kappa shape index (κ2) is 13.1. The van der Waals surface area contributed by atoms with Gasteiger partial charge in [0.15, 0.2) is 0 Å². The zero-order valence-electron chi connectivity index (χ0n) is 20.3. The summed E-state index contributed by atoms with van der Waals surface area (Å²) in [5, 5.41) is 2.62. The summed E-state index contributed by atoms with van der Waals surface area (Å²) in [6, 6.07) is 8.35. The van der Waals surface area contributed by atoms with Gasteiger partial charge in [-0.25, -0.2) is 13.2 Å². The Morgan fingerprint density at radius 3 is 2.29 bits per heavy atom. The maximum Gasteiger partial charge on any atom is 0.408 e. The van der Waals surface area contributed by atoms with Gasteiger partial charge in [0.2, 0.25) is 5.91 Å². The molecule has 2 aliphatic rings. The van der Waals surface area contributed by atoms with Crippen LogP contribution in [-0.2, 0) is 26.0 Å². The van der Waals surface area contributed by atoms with Gasteiger partial charge in [-0.3, -0.25) is 4.79 Å². The van der Waals surface area contributed by atoms with Gasteiger partial charge in [-0.1, -0.05) is 43.2 Å². The van der Waals surface area contributed by atoms with Gasteiger partial charge in [-0.2, -0.15) is 0 Å². The number of piperidine rings is 1. The fraction of sp³-hybridized carbons (Fsp3) is 0.680. The molecule has 2 saturated heterocycles. The third kappa shape index (κ3) is 9.25. The Bertz CT molecular complexity index is 877. The molecule has 2 amide bonds. The molecule has 1 unspecified atom stereocenters. The minimum absolute atomic E-state index is 0.0335. The van der Waals surface area contributed by atoms with E-state index < -0.39 is 22.0 Å². The van der Waals surface area contributed by atoms with E-state index in [0.717, 1.165) is 31.2 Å². The molecular formula is C25H39N3O5S. The summed E-state index contributed by atoms with van der Waals surface area (Å²) in [6.07, 6.45) is 7.49. The predicted molar refractivity (Wildman–Crippen MR) is 132 cm³/mol. The first-order chi connectivity index (χ1) is 16.3.